The summed E-state index contributed by atoms with van der Waals surface area (Å²) in [5, 5.41) is 0. The minimum Gasteiger partial charge on any atom is -0.299 e. The average Bonchev–Trinajstić information content (AvgIpc) is 2.58. The van der Waals surface area contributed by atoms with Gasteiger partial charge in [-0.3, -0.25) is 9.13 Å². The summed E-state index contributed by atoms with van der Waals surface area (Å²) in [7, 11) is 0. The van der Waals surface area contributed by atoms with Crippen molar-refractivity contribution in [1.29, 1.82) is 0 Å². The monoisotopic (exact) mass is 228 g/mol. The van der Waals surface area contributed by atoms with Gasteiger partial charge in [-0.2, -0.15) is 12.6 Å². The molecule has 0 saturated carbocycles. The largest absolute Gasteiger partial charge is 0.328 e. The molecular weight excluding hydrogens is 208 g/mol. The average molecular weight is 228 g/mol. The van der Waals surface area contributed by atoms with Crippen LogP contribution in [0.2, 0.25) is 0 Å². The second-order valence-electron chi connectivity index (χ2n) is 3.88. The van der Waals surface area contributed by atoms with E-state index in [1.54, 1.807) is 9.13 Å². The smallest absolute Gasteiger partial charge is 0.299 e. The van der Waals surface area contributed by atoms with E-state index in [-0.39, 0.29) is 5.69 Å². The third-order valence-electron chi connectivity index (χ3n) is 2.67. The maximum atomic E-state index is 11.8. The highest BCUT2D eigenvalue weighted by molar-refractivity contribution is 7.80. The van der Waals surface area contributed by atoms with Gasteiger partial charge in [-0.05, 0) is 18.1 Å². The zero-order valence-corrected chi connectivity index (χ0v) is 10.4. The van der Waals surface area contributed by atoms with E-state index in [2.05, 4.69) is 26.5 Å². The van der Waals surface area contributed by atoms with Crippen molar-refractivity contribution in [2.75, 3.05) is 5.75 Å². The second-order valence-corrected chi connectivity index (χ2v) is 4.25. The first-order valence-electron chi connectivity index (χ1n) is 5.59. The molecule has 4 heteroatoms. The molecule has 0 fully saturated rings. The van der Waals surface area contributed by atoms with E-state index in [0.29, 0.717) is 5.92 Å². The molecule has 1 aromatic rings. The Labute approximate surface area is 96.5 Å². The highest BCUT2D eigenvalue weighted by Gasteiger charge is 2.08. The molecule has 0 spiro atoms. The van der Waals surface area contributed by atoms with Crippen molar-refractivity contribution < 1.29 is 0 Å². The third-order valence-corrected chi connectivity index (χ3v) is 3.19. The molecular formula is C11H20N2OS. The SMILES string of the molecule is CCCn1ccn(CC(CC)CS)c1=O. The van der Waals surface area contributed by atoms with Crippen molar-refractivity contribution in [3.8, 4) is 0 Å². The van der Waals surface area contributed by atoms with Gasteiger partial charge in [0.05, 0.1) is 0 Å². The van der Waals surface area contributed by atoms with E-state index in [1.807, 2.05) is 12.4 Å². The Hall–Kier alpha value is -0.640. The van der Waals surface area contributed by atoms with Crippen LogP contribution in [0, 0.1) is 5.92 Å². The molecule has 3 nitrogen and oxygen atoms in total. The Kier molecular flexibility index (Phi) is 5.02. The first-order valence-corrected chi connectivity index (χ1v) is 6.22. The molecule has 1 rings (SSSR count). The molecule has 1 atom stereocenters. The molecule has 0 bridgehead atoms. The van der Waals surface area contributed by atoms with Crippen LogP contribution >= 0.6 is 12.6 Å². The Morgan fingerprint density at radius 1 is 1.33 bits per heavy atom. The standard InChI is InChI=1S/C11H20N2OS/c1-3-5-12-6-7-13(11(12)14)8-10(4-2)9-15/h6-7,10,15H,3-5,8-9H2,1-2H3. The normalized spacial score (nSPS) is 13.0. The number of hydrogen-bond acceptors (Lipinski definition) is 2. The predicted octanol–water partition coefficient (Wildman–Crippen LogP) is 2.02. The molecule has 0 amide bonds. The van der Waals surface area contributed by atoms with Crippen LogP contribution in [0.25, 0.3) is 0 Å². The summed E-state index contributed by atoms with van der Waals surface area (Å²) in [6, 6.07) is 0. The van der Waals surface area contributed by atoms with Crippen molar-refractivity contribution in [2.24, 2.45) is 5.92 Å². The number of aromatic nitrogens is 2. The van der Waals surface area contributed by atoms with Crippen LogP contribution in [-0.2, 0) is 13.1 Å². The molecule has 1 heterocycles. The molecule has 1 unspecified atom stereocenters. The van der Waals surface area contributed by atoms with Gasteiger partial charge < -0.3 is 0 Å². The lowest BCUT2D eigenvalue weighted by Crippen LogP contribution is -2.26. The fourth-order valence-electron chi connectivity index (χ4n) is 1.60. The molecule has 86 valence electrons. The van der Waals surface area contributed by atoms with Gasteiger partial charge in [0, 0.05) is 25.5 Å². The molecule has 0 aromatic carbocycles. The molecule has 0 aliphatic heterocycles. The van der Waals surface area contributed by atoms with Crippen molar-refractivity contribution in [1.82, 2.24) is 9.13 Å². The summed E-state index contributed by atoms with van der Waals surface area (Å²) in [4.78, 5) is 11.8. The third kappa shape index (κ3) is 3.16. The summed E-state index contributed by atoms with van der Waals surface area (Å²) >= 11 is 4.29. The minimum absolute atomic E-state index is 0.108. The topological polar surface area (TPSA) is 26.9 Å². The Morgan fingerprint density at radius 2 is 2.00 bits per heavy atom. The number of rotatable bonds is 6. The minimum atomic E-state index is 0.108. The van der Waals surface area contributed by atoms with Gasteiger partial charge >= 0.3 is 5.69 Å². The van der Waals surface area contributed by atoms with E-state index < -0.39 is 0 Å². The number of aryl methyl sites for hydroxylation is 1. The summed E-state index contributed by atoms with van der Waals surface area (Å²) in [5.41, 5.74) is 0.108. The maximum absolute atomic E-state index is 11.8. The van der Waals surface area contributed by atoms with Crippen molar-refractivity contribution in [3.63, 3.8) is 0 Å². The molecule has 1 aromatic heterocycles. The van der Waals surface area contributed by atoms with E-state index in [0.717, 1.165) is 31.7 Å². The summed E-state index contributed by atoms with van der Waals surface area (Å²) < 4.78 is 3.56. The lowest BCUT2D eigenvalue weighted by Gasteiger charge is -2.11. The Balaban J connectivity index is 2.74. The van der Waals surface area contributed by atoms with Gasteiger partial charge in [0.15, 0.2) is 0 Å². The lowest BCUT2D eigenvalue weighted by molar-refractivity contribution is 0.461. The van der Waals surface area contributed by atoms with Crippen LogP contribution in [-0.4, -0.2) is 14.9 Å². The van der Waals surface area contributed by atoms with Gasteiger partial charge in [0.25, 0.3) is 0 Å². The highest BCUT2D eigenvalue weighted by Crippen LogP contribution is 2.06. The van der Waals surface area contributed by atoms with Gasteiger partial charge in [0.2, 0.25) is 0 Å². The van der Waals surface area contributed by atoms with Gasteiger partial charge in [0.1, 0.15) is 0 Å². The van der Waals surface area contributed by atoms with Crippen LogP contribution < -0.4 is 5.69 Å². The fraction of sp³-hybridized carbons (Fsp3) is 0.727. The first kappa shape index (κ1) is 12.4. The molecule has 0 radical (unpaired) electrons. The van der Waals surface area contributed by atoms with E-state index >= 15 is 0 Å². The molecule has 15 heavy (non-hydrogen) atoms. The van der Waals surface area contributed by atoms with Crippen LogP contribution in [0.4, 0.5) is 0 Å². The van der Waals surface area contributed by atoms with Crippen molar-refractivity contribution >= 4 is 12.6 Å². The van der Waals surface area contributed by atoms with E-state index in [1.165, 1.54) is 0 Å². The quantitative estimate of drug-likeness (QED) is 0.741. The summed E-state index contributed by atoms with van der Waals surface area (Å²) in [6.45, 7) is 5.81. The number of imidazole rings is 1. The Bertz CT molecular complexity index is 339. The zero-order chi connectivity index (χ0) is 11.3. The first-order chi connectivity index (χ1) is 7.22. The predicted molar refractivity (Wildman–Crippen MR) is 66.6 cm³/mol. The summed E-state index contributed by atoms with van der Waals surface area (Å²) in [5.74, 6) is 1.32. The van der Waals surface area contributed by atoms with Crippen LogP contribution in [0.15, 0.2) is 17.2 Å². The number of hydrogen-bond donors (Lipinski definition) is 1. The second kappa shape index (κ2) is 6.05. The molecule has 0 aliphatic rings. The van der Waals surface area contributed by atoms with Crippen LogP contribution in [0.3, 0.4) is 0 Å². The fourth-order valence-corrected chi connectivity index (χ4v) is 1.97. The number of thiol groups is 1. The van der Waals surface area contributed by atoms with Gasteiger partial charge in [-0.25, -0.2) is 4.79 Å². The van der Waals surface area contributed by atoms with Crippen LogP contribution in [0.5, 0.6) is 0 Å². The number of nitrogens with zero attached hydrogens (tertiary/aromatic N) is 2. The Morgan fingerprint density at radius 3 is 2.53 bits per heavy atom. The summed E-state index contributed by atoms with van der Waals surface area (Å²) in [6.07, 6.45) is 5.81. The van der Waals surface area contributed by atoms with E-state index in [4.69, 9.17) is 0 Å². The van der Waals surface area contributed by atoms with Gasteiger partial charge in [-0.1, -0.05) is 20.3 Å². The molecule has 0 N–H and O–H groups in total. The lowest BCUT2D eigenvalue weighted by atomic mass is 10.1. The van der Waals surface area contributed by atoms with Crippen molar-refractivity contribution in [3.05, 3.63) is 22.9 Å². The van der Waals surface area contributed by atoms with Crippen molar-refractivity contribution in [2.45, 2.75) is 39.8 Å². The van der Waals surface area contributed by atoms with E-state index in [9.17, 15) is 4.79 Å². The molecule has 0 saturated heterocycles. The van der Waals surface area contributed by atoms with Gasteiger partial charge in [-0.15, -0.1) is 0 Å². The highest BCUT2D eigenvalue weighted by atomic mass is 32.1. The zero-order valence-electron chi connectivity index (χ0n) is 9.52. The van der Waals surface area contributed by atoms with Crippen LogP contribution in [0.1, 0.15) is 26.7 Å². The maximum Gasteiger partial charge on any atom is 0.328 e. The molecule has 0 aliphatic carbocycles.